The fraction of sp³-hybridized carbons (Fsp3) is 0.750. The first-order valence-corrected chi connectivity index (χ1v) is 5.98. The summed E-state index contributed by atoms with van der Waals surface area (Å²) in [5.41, 5.74) is 1.17. The number of hydrogen-bond donors (Lipinski definition) is 1. The summed E-state index contributed by atoms with van der Waals surface area (Å²) in [5, 5.41) is 7.94. The van der Waals surface area contributed by atoms with Crippen molar-refractivity contribution in [2.24, 2.45) is 7.05 Å². The first-order valence-electron chi connectivity index (χ1n) is 5.98. The van der Waals surface area contributed by atoms with E-state index in [1.165, 1.54) is 5.69 Å². The zero-order chi connectivity index (χ0) is 12.0. The number of rotatable bonds is 7. The molecule has 4 heteroatoms. The van der Waals surface area contributed by atoms with E-state index in [1.807, 2.05) is 17.9 Å². The van der Waals surface area contributed by atoms with E-state index < -0.39 is 0 Å². The van der Waals surface area contributed by atoms with Crippen molar-refractivity contribution < 1.29 is 0 Å². The highest BCUT2D eigenvalue weighted by molar-refractivity contribution is 5.01. The highest BCUT2D eigenvalue weighted by Crippen LogP contribution is 2.04. The molecule has 0 radical (unpaired) electrons. The van der Waals surface area contributed by atoms with Gasteiger partial charge in [-0.05, 0) is 39.7 Å². The van der Waals surface area contributed by atoms with Gasteiger partial charge in [-0.15, -0.1) is 0 Å². The van der Waals surface area contributed by atoms with E-state index in [2.05, 4.69) is 42.4 Å². The van der Waals surface area contributed by atoms with Gasteiger partial charge in [-0.2, -0.15) is 5.10 Å². The largest absolute Gasteiger partial charge is 0.314 e. The Kier molecular flexibility index (Phi) is 5.49. The van der Waals surface area contributed by atoms with Gasteiger partial charge in [0.05, 0.1) is 5.69 Å². The number of aromatic nitrogens is 2. The molecule has 0 saturated heterocycles. The summed E-state index contributed by atoms with van der Waals surface area (Å²) in [5.74, 6) is 0. The van der Waals surface area contributed by atoms with Crippen molar-refractivity contribution in [3.8, 4) is 0 Å². The van der Waals surface area contributed by atoms with E-state index in [9.17, 15) is 0 Å². The molecule has 4 nitrogen and oxygen atoms in total. The summed E-state index contributed by atoms with van der Waals surface area (Å²) in [6.45, 7) is 4.29. The smallest absolute Gasteiger partial charge is 0.0640 e. The first-order chi connectivity index (χ1) is 7.61. The maximum Gasteiger partial charge on any atom is 0.0640 e. The van der Waals surface area contributed by atoms with Crippen molar-refractivity contribution in [1.82, 2.24) is 20.0 Å². The molecule has 16 heavy (non-hydrogen) atoms. The van der Waals surface area contributed by atoms with Crippen LogP contribution in [0.1, 0.15) is 19.0 Å². The lowest BCUT2D eigenvalue weighted by atomic mass is 10.1. The van der Waals surface area contributed by atoms with Crippen molar-refractivity contribution in [3.63, 3.8) is 0 Å². The number of likely N-dealkylation sites (N-methyl/N-ethyl adjacent to an activating group) is 1. The van der Waals surface area contributed by atoms with Crippen molar-refractivity contribution in [3.05, 3.63) is 18.0 Å². The molecule has 0 bridgehead atoms. The molecule has 1 rings (SSSR count). The second-order valence-electron chi connectivity index (χ2n) is 4.53. The lowest BCUT2D eigenvalue weighted by Gasteiger charge is -2.19. The van der Waals surface area contributed by atoms with E-state index in [0.717, 1.165) is 25.9 Å². The second kappa shape index (κ2) is 6.66. The van der Waals surface area contributed by atoms with Crippen molar-refractivity contribution in [1.29, 1.82) is 0 Å². The molecule has 1 aromatic rings. The second-order valence-corrected chi connectivity index (χ2v) is 4.53. The predicted octanol–water partition coefficient (Wildman–Crippen LogP) is 0.892. The Morgan fingerprint density at radius 1 is 1.50 bits per heavy atom. The molecule has 0 aliphatic rings. The normalized spacial score (nSPS) is 13.3. The zero-order valence-electron chi connectivity index (χ0n) is 10.9. The minimum atomic E-state index is 0.530. The van der Waals surface area contributed by atoms with E-state index in [0.29, 0.717) is 6.04 Å². The standard InChI is InChI=1S/C12H24N4/c1-5-13-11(6-8-15(2)3)10-12-7-9-16(4)14-12/h7,9,11,13H,5-6,8,10H2,1-4H3. The van der Waals surface area contributed by atoms with Gasteiger partial charge < -0.3 is 10.2 Å². The molecule has 0 aromatic carbocycles. The van der Waals surface area contributed by atoms with E-state index in [1.54, 1.807) is 0 Å². The Hall–Kier alpha value is -0.870. The fourth-order valence-electron chi connectivity index (χ4n) is 1.80. The molecule has 0 aliphatic carbocycles. The summed E-state index contributed by atoms with van der Waals surface area (Å²) >= 11 is 0. The lowest BCUT2D eigenvalue weighted by molar-refractivity contribution is 0.357. The summed E-state index contributed by atoms with van der Waals surface area (Å²) in [7, 11) is 6.19. The molecule has 1 atom stereocenters. The van der Waals surface area contributed by atoms with Crippen molar-refractivity contribution in [2.45, 2.75) is 25.8 Å². The molecule has 1 unspecified atom stereocenters. The molecule has 92 valence electrons. The van der Waals surface area contributed by atoms with E-state index in [-0.39, 0.29) is 0 Å². The minimum absolute atomic E-state index is 0.530. The highest BCUT2D eigenvalue weighted by atomic mass is 15.2. The van der Waals surface area contributed by atoms with Gasteiger partial charge in [-0.25, -0.2) is 0 Å². The predicted molar refractivity (Wildman–Crippen MR) is 67.5 cm³/mol. The summed E-state index contributed by atoms with van der Waals surface area (Å²) in [6.07, 6.45) is 4.18. The molecule has 1 heterocycles. The highest BCUT2D eigenvalue weighted by Gasteiger charge is 2.10. The van der Waals surface area contributed by atoms with Gasteiger partial charge in [0.2, 0.25) is 0 Å². The monoisotopic (exact) mass is 224 g/mol. The third-order valence-electron chi connectivity index (χ3n) is 2.64. The topological polar surface area (TPSA) is 33.1 Å². The molecule has 0 amide bonds. The quantitative estimate of drug-likeness (QED) is 0.747. The van der Waals surface area contributed by atoms with Crippen LogP contribution in [0.5, 0.6) is 0 Å². The number of nitrogens with one attached hydrogen (secondary N) is 1. The van der Waals surface area contributed by atoms with Crippen LogP contribution in [0.2, 0.25) is 0 Å². The number of aryl methyl sites for hydroxylation is 1. The van der Waals surface area contributed by atoms with Crippen LogP contribution in [0.3, 0.4) is 0 Å². The van der Waals surface area contributed by atoms with Crippen LogP contribution in [-0.2, 0) is 13.5 Å². The van der Waals surface area contributed by atoms with Gasteiger partial charge in [0.25, 0.3) is 0 Å². The van der Waals surface area contributed by atoms with Crippen LogP contribution >= 0.6 is 0 Å². The number of hydrogen-bond acceptors (Lipinski definition) is 3. The molecule has 0 aliphatic heterocycles. The molecule has 0 spiro atoms. The van der Waals surface area contributed by atoms with Crippen LogP contribution in [0.4, 0.5) is 0 Å². The number of nitrogens with zero attached hydrogens (tertiary/aromatic N) is 3. The zero-order valence-corrected chi connectivity index (χ0v) is 10.9. The lowest BCUT2D eigenvalue weighted by Crippen LogP contribution is -2.34. The van der Waals surface area contributed by atoms with E-state index in [4.69, 9.17) is 0 Å². The Morgan fingerprint density at radius 2 is 2.25 bits per heavy atom. The van der Waals surface area contributed by atoms with Gasteiger partial charge in [0.1, 0.15) is 0 Å². The van der Waals surface area contributed by atoms with Gasteiger partial charge in [0.15, 0.2) is 0 Å². The summed E-state index contributed by atoms with van der Waals surface area (Å²) < 4.78 is 1.87. The first kappa shape index (κ1) is 13.2. The van der Waals surface area contributed by atoms with Crippen LogP contribution in [-0.4, -0.2) is 47.9 Å². The third-order valence-corrected chi connectivity index (χ3v) is 2.64. The fourth-order valence-corrected chi connectivity index (χ4v) is 1.80. The van der Waals surface area contributed by atoms with Gasteiger partial charge >= 0.3 is 0 Å². The Bertz CT molecular complexity index is 293. The van der Waals surface area contributed by atoms with Crippen LogP contribution in [0.15, 0.2) is 12.3 Å². The van der Waals surface area contributed by atoms with Crippen LogP contribution in [0.25, 0.3) is 0 Å². The van der Waals surface area contributed by atoms with Gasteiger partial charge in [0, 0.05) is 25.7 Å². The van der Waals surface area contributed by atoms with Crippen LogP contribution in [0, 0.1) is 0 Å². The molecular weight excluding hydrogens is 200 g/mol. The van der Waals surface area contributed by atoms with Gasteiger partial charge in [-0.3, -0.25) is 4.68 Å². The Balaban J connectivity index is 2.43. The molecule has 1 aromatic heterocycles. The SMILES string of the molecule is CCNC(CCN(C)C)Cc1ccn(C)n1. The molecule has 0 fully saturated rings. The van der Waals surface area contributed by atoms with Crippen molar-refractivity contribution in [2.75, 3.05) is 27.2 Å². The minimum Gasteiger partial charge on any atom is -0.314 e. The summed E-state index contributed by atoms with van der Waals surface area (Å²) in [6, 6.07) is 2.63. The Morgan fingerprint density at radius 3 is 2.75 bits per heavy atom. The van der Waals surface area contributed by atoms with E-state index >= 15 is 0 Å². The molecule has 1 N–H and O–H groups in total. The maximum atomic E-state index is 4.42. The average Bonchev–Trinajstić information content (AvgIpc) is 2.61. The molecular formula is C12H24N4. The summed E-state index contributed by atoms with van der Waals surface area (Å²) in [4.78, 5) is 2.22. The maximum absolute atomic E-state index is 4.42. The van der Waals surface area contributed by atoms with Crippen molar-refractivity contribution >= 4 is 0 Å². The average molecular weight is 224 g/mol. The van der Waals surface area contributed by atoms with Crippen LogP contribution < -0.4 is 5.32 Å². The third kappa shape index (κ3) is 4.77. The Labute approximate surface area is 98.6 Å². The molecule has 0 saturated carbocycles. The van der Waals surface area contributed by atoms with Gasteiger partial charge in [-0.1, -0.05) is 6.92 Å².